The van der Waals surface area contributed by atoms with Crippen molar-refractivity contribution in [3.8, 4) is 0 Å². The van der Waals surface area contributed by atoms with E-state index in [0.29, 0.717) is 5.57 Å². The van der Waals surface area contributed by atoms with Crippen molar-refractivity contribution in [3.05, 3.63) is 11.6 Å². The third-order valence-corrected chi connectivity index (χ3v) is 4.60. The number of carboxylic acid groups (broad SMARTS) is 1. The Balaban J connectivity index is 3.11. The van der Waals surface area contributed by atoms with Crippen LogP contribution in [0.3, 0.4) is 0 Å². The van der Waals surface area contributed by atoms with Crippen LogP contribution in [0.5, 0.6) is 0 Å². The SMILES string of the molecule is CCCCCCCCCCCCCCCCCC=C(C)C(=O)O. The molecule has 0 aliphatic heterocycles. The zero-order chi connectivity index (χ0) is 17.2. The zero-order valence-corrected chi connectivity index (χ0v) is 15.7. The fourth-order valence-corrected chi connectivity index (χ4v) is 2.92. The first-order chi connectivity index (χ1) is 11.2. The molecule has 0 aromatic heterocycles. The number of carbonyl (C=O) groups is 1. The van der Waals surface area contributed by atoms with E-state index in [1.165, 1.54) is 89.9 Å². The lowest BCUT2D eigenvalue weighted by molar-refractivity contribution is -0.132. The minimum atomic E-state index is -0.786. The quantitative estimate of drug-likeness (QED) is 0.225. The Morgan fingerprint density at radius 2 is 1.04 bits per heavy atom. The maximum atomic E-state index is 10.6. The molecular weight excluding hydrogens is 284 g/mol. The molecule has 0 saturated carbocycles. The van der Waals surface area contributed by atoms with Gasteiger partial charge < -0.3 is 5.11 Å². The van der Waals surface area contributed by atoms with E-state index in [4.69, 9.17) is 5.11 Å². The van der Waals surface area contributed by atoms with Crippen molar-refractivity contribution < 1.29 is 9.90 Å². The lowest BCUT2D eigenvalue weighted by atomic mass is 10.0. The summed E-state index contributed by atoms with van der Waals surface area (Å²) in [6.45, 7) is 3.95. The van der Waals surface area contributed by atoms with Gasteiger partial charge in [-0.1, -0.05) is 103 Å². The molecule has 0 aromatic rings. The largest absolute Gasteiger partial charge is 0.478 e. The molecule has 0 fully saturated rings. The van der Waals surface area contributed by atoms with E-state index in [2.05, 4.69) is 6.92 Å². The molecule has 1 N–H and O–H groups in total. The number of unbranched alkanes of at least 4 members (excludes halogenated alkanes) is 15. The summed E-state index contributed by atoms with van der Waals surface area (Å²) >= 11 is 0. The molecule has 0 aliphatic carbocycles. The fraction of sp³-hybridized carbons (Fsp3) is 0.857. The van der Waals surface area contributed by atoms with Gasteiger partial charge in [0.05, 0.1) is 0 Å². The van der Waals surface area contributed by atoms with E-state index < -0.39 is 5.97 Å². The standard InChI is InChI=1S/C21H40O2/c1-3-4-5-6-7-8-9-10-11-12-13-14-15-16-17-18-19-20(2)21(22)23/h19H,3-18H2,1-2H3,(H,22,23). The summed E-state index contributed by atoms with van der Waals surface area (Å²) in [5.74, 6) is -0.786. The lowest BCUT2D eigenvalue weighted by Gasteiger charge is -2.03. The maximum Gasteiger partial charge on any atom is 0.330 e. The third-order valence-electron chi connectivity index (χ3n) is 4.60. The van der Waals surface area contributed by atoms with E-state index in [1.807, 2.05) is 6.08 Å². The van der Waals surface area contributed by atoms with E-state index >= 15 is 0 Å². The van der Waals surface area contributed by atoms with E-state index in [9.17, 15) is 4.79 Å². The predicted octanol–water partition coefficient (Wildman–Crippen LogP) is 7.28. The highest BCUT2D eigenvalue weighted by Crippen LogP contribution is 2.13. The van der Waals surface area contributed by atoms with Gasteiger partial charge in [-0.3, -0.25) is 0 Å². The summed E-state index contributed by atoms with van der Waals surface area (Å²) in [4.78, 5) is 10.6. The lowest BCUT2D eigenvalue weighted by Crippen LogP contribution is -1.95. The second-order valence-electron chi connectivity index (χ2n) is 6.93. The van der Waals surface area contributed by atoms with Crippen molar-refractivity contribution in [2.45, 2.75) is 117 Å². The molecule has 0 atom stereocenters. The third kappa shape index (κ3) is 17.4. The molecule has 23 heavy (non-hydrogen) atoms. The van der Waals surface area contributed by atoms with Gasteiger partial charge in [0.15, 0.2) is 0 Å². The Bertz CT molecular complexity index is 294. The van der Waals surface area contributed by atoms with Crippen LogP contribution in [-0.4, -0.2) is 11.1 Å². The Kier molecular flexibility index (Phi) is 17.0. The summed E-state index contributed by atoms with van der Waals surface area (Å²) in [6, 6.07) is 0. The van der Waals surface area contributed by atoms with Crippen LogP contribution in [-0.2, 0) is 4.79 Å². The minimum absolute atomic E-state index is 0.482. The van der Waals surface area contributed by atoms with Gasteiger partial charge in [0, 0.05) is 5.57 Å². The highest BCUT2D eigenvalue weighted by Gasteiger charge is 1.98. The first kappa shape index (κ1) is 22.2. The summed E-state index contributed by atoms with van der Waals surface area (Å²) in [5, 5.41) is 8.74. The second kappa shape index (κ2) is 17.6. The number of allylic oxidation sites excluding steroid dienone is 1. The molecule has 0 saturated heterocycles. The summed E-state index contributed by atoms with van der Waals surface area (Å²) in [5.41, 5.74) is 0.482. The topological polar surface area (TPSA) is 37.3 Å². The molecule has 2 heteroatoms. The monoisotopic (exact) mass is 324 g/mol. The molecule has 0 bridgehead atoms. The van der Waals surface area contributed by atoms with Crippen molar-refractivity contribution in [2.75, 3.05) is 0 Å². The van der Waals surface area contributed by atoms with Crippen LogP contribution < -0.4 is 0 Å². The molecule has 0 spiro atoms. The minimum Gasteiger partial charge on any atom is -0.478 e. The molecule has 0 rings (SSSR count). The Morgan fingerprint density at radius 1 is 0.696 bits per heavy atom. The van der Waals surface area contributed by atoms with Gasteiger partial charge in [0.1, 0.15) is 0 Å². The normalized spacial score (nSPS) is 11.8. The average Bonchev–Trinajstić information content (AvgIpc) is 2.54. The fourth-order valence-electron chi connectivity index (χ4n) is 2.92. The molecule has 0 unspecified atom stereocenters. The number of rotatable bonds is 17. The van der Waals surface area contributed by atoms with Gasteiger partial charge >= 0.3 is 5.97 Å². The van der Waals surface area contributed by atoms with Crippen LogP contribution in [0.25, 0.3) is 0 Å². The van der Waals surface area contributed by atoms with Gasteiger partial charge in [-0.05, 0) is 19.8 Å². The highest BCUT2D eigenvalue weighted by atomic mass is 16.4. The molecule has 2 nitrogen and oxygen atoms in total. The van der Waals surface area contributed by atoms with Crippen LogP contribution in [0, 0.1) is 0 Å². The zero-order valence-electron chi connectivity index (χ0n) is 15.7. The van der Waals surface area contributed by atoms with Gasteiger partial charge in [-0.15, -0.1) is 0 Å². The van der Waals surface area contributed by atoms with Crippen LogP contribution in [0.15, 0.2) is 11.6 Å². The smallest absolute Gasteiger partial charge is 0.330 e. The van der Waals surface area contributed by atoms with Crippen LogP contribution in [0.1, 0.15) is 117 Å². The Labute approximate surface area is 144 Å². The van der Waals surface area contributed by atoms with Crippen molar-refractivity contribution in [3.63, 3.8) is 0 Å². The van der Waals surface area contributed by atoms with Crippen LogP contribution in [0.2, 0.25) is 0 Å². The summed E-state index contributed by atoms with van der Waals surface area (Å²) in [6.07, 6.45) is 23.3. The van der Waals surface area contributed by atoms with Crippen molar-refractivity contribution in [1.29, 1.82) is 0 Å². The van der Waals surface area contributed by atoms with Gasteiger partial charge in [-0.25, -0.2) is 4.79 Å². The first-order valence-corrected chi connectivity index (χ1v) is 10.1. The van der Waals surface area contributed by atoms with Crippen LogP contribution >= 0.6 is 0 Å². The molecule has 0 aliphatic rings. The highest BCUT2D eigenvalue weighted by molar-refractivity contribution is 5.85. The van der Waals surface area contributed by atoms with Gasteiger partial charge in [0.2, 0.25) is 0 Å². The number of aliphatic carboxylic acids is 1. The van der Waals surface area contributed by atoms with Crippen molar-refractivity contribution in [1.82, 2.24) is 0 Å². The molecular formula is C21H40O2. The van der Waals surface area contributed by atoms with Crippen molar-refractivity contribution >= 4 is 5.97 Å². The van der Waals surface area contributed by atoms with Gasteiger partial charge in [-0.2, -0.15) is 0 Å². The predicted molar refractivity (Wildman–Crippen MR) is 101 cm³/mol. The average molecular weight is 325 g/mol. The van der Waals surface area contributed by atoms with Crippen molar-refractivity contribution in [2.24, 2.45) is 0 Å². The Morgan fingerprint density at radius 3 is 1.39 bits per heavy atom. The van der Waals surface area contributed by atoms with E-state index in [0.717, 1.165) is 12.8 Å². The van der Waals surface area contributed by atoms with Gasteiger partial charge in [0.25, 0.3) is 0 Å². The van der Waals surface area contributed by atoms with E-state index in [1.54, 1.807) is 6.92 Å². The number of carboxylic acids is 1. The molecule has 0 heterocycles. The maximum absolute atomic E-state index is 10.6. The summed E-state index contributed by atoms with van der Waals surface area (Å²) < 4.78 is 0. The number of hydrogen-bond donors (Lipinski definition) is 1. The Hall–Kier alpha value is -0.790. The molecule has 0 radical (unpaired) electrons. The molecule has 136 valence electrons. The first-order valence-electron chi connectivity index (χ1n) is 10.1. The summed E-state index contributed by atoms with van der Waals surface area (Å²) in [7, 11) is 0. The second-order valence-corrected chi connectivity index (χ2v) is 6.93. The molecule has 0 aromatic carbocycles. The van der Waals surface area contributed by atoms with Crippen LogP contribution in [0.4, 0.5) is 0 Å². The van der Waals surface area contributed by atoms with E-state index in [-0.39, 0.29) is 0 Å². The molecule has 0 amide bonds. The number of hydrogen-bond acceptors (Lipinski definition) is 1.